The molecule has 1 unspecified atom stereocenters. The lowest BCUT2D eigenvalue weighted by Crippen LogP contribution is -2.07. The summed E-state index contributed by atoms with van der Waals surface area (Å²) in [5.41, 5.74) is 3.00. The first-order chi connectivity index (χ1) is 9.58. The highest BCUT2D eigenvalue weighted by atomic mass is 79.9. The van der Waals surface area contributed by atoms with Crippen LogP contribution in [0, 0.1) is 18.6 Å². The zero-order chi connectivity index (χ0) is 14.5. The van der Waals surface area contributed by atoms with E-state index in [1.165, 1.54) is 11.1 Å². The molecular formula is C17H17BrF2. The lowest BCUT2D eigenvalue weighted by molar-refractivity contribution is 0.497. The van der Waals surface area contributed by atoms with Crippen LogP contribution in [0.3, 0.4) is 0 Å². The standard InChI is InChI=1S/C17H17BrF2/c1-12-5-2-3-6-13(12)9-10-15(18)11-14-7-4-8-16(19)17(14)20/h2-8,15H,9-11H2,1H3. The minimum atomic E-state index is -0.777. The summed E-state index contributed by atoms with van der Waals surface area (Å²) < 4.78 is 26.7. The van der Waals surface area contributed by atoms with Gasteiger partial charge in [0, 0.05) is 4.83 Å². The van der Waals surface area contributed by atoms with Gasteiger partial charge in [0.2, 0.25) is 0 Å². The second kappa shape index (κ2) is 6.98. The van der Waals surface area contributed by atoms with Crippen LogP contribution in [0.2, 0.25) is 0 Å². The summed E-state index contributed by atoms with van der Waals surface area (Å²) in [5.74, 6) is -1.51. The summed E-state index contributed by atoms with van der Waals surface area (Å²) in [7, 11) is 0. The van der Waals surface area contributed by atoms with E-state index in [1.54, 1.807) is 12.1 Å². The van der Waals surface area contributed by atoms with Crippen molar-refractivity contribution in [3.8, 4) is 0 Å². The largest absolute Gasteiger partial charge is 0.204 e. The van der Waals surface area contributed by atoms with Gasteiger partial charge in [-0.25, -0.2) is 8.78 Å². The summed E-state index contributed by atoms with van der Waals surface area (Å²) in [6.45, 7) is 2.09. The number of hydrogen-bond acceptors (Lipinski definition) is 0. The van der Waals surface area contributed by atoms with Crippen molar-refractivity contribution < 1.29 is 8.78 Å². The number of hydrogen-bond donors (Lipinski definition) is 0. The second-order valence-electron chi connectivity index (χ2n) is 4.98. The quantitative estimate of drug-likeness (QED) is 0.656. The third-order valence-corrected chi connectivity index (χ3v) is 4.24. The van der Waals surface area contributed by atoms with Crippen LogP contribution in [0.1, 0.15) is 23.1 Å². The molecule has 0 spiro atoms. The summed E-state index contributed by atoms with van der Waals surface area (Å²) in [6.07, 6.45) is 2.32. The third kappa shape index (κ3) is 3.89. The first kappa shape index (κ1) is 15.2. The molecule has 0 aromatic heterocycles. The maximum absolute atomic E-state index is 13.6. The molecule has 2 aromatic rings. The van der Waals surface area contributed by atoms with Crippen LogP contribution >= 0.6 is 15.9 Å². The monoisotopic (exact) mass is 338 g/mol. The number of aryl methyl sites for hydroxylation is 2. The first-order valence-corrected chi connectivity index (χ1v) is 7.61. The van der Waals surface area contributed by atoms with Gasteiger partial charge in [0.15, 0.2) is 11.6 Å². The molecule has 1 atom stereocenters. The Balaban J connectivity index is 1.94. The Hall–Kier alpha value is -1.22. The molecule has 106 valence electrons. The van der Waals surface area contributed by atoms with E-state index in [2.05, 4.69) is 35.0 Å². The van der Waals surface area contributed by atoms with Gasteiger partial charge in [-0.3, -0.25) is 0 Å². The highest BCUT2D eigenvalue weighted by Crippen LogP contribution is 2.20. The number of halogens is 3. The summed E-state index contributed by atoms with van der Waals surface area (Å²) in [6, 6.07) is 12.6. The van der Waals surface area contributed by atoms with Gasteiger partial charge in [0.05, 0.1) is 0 Å². The van der Waals surface area contributed by atoms with E-state index in [0.29, 0.717) is 12.0 Å². The molecule has 0 aliphatic rings. The van der Waals surface area contributed by atoms with Crippen LogP contribution in [0.25, 0.3) is 0 Å². The Kier molecular flexibility index (Phi) is 5.30. The highest BCUT2D eigenvalue weighted by molar-refractivity contribution is 9.09. The van der Waals surface area contributed by atoms with E-state index < -0.39 is 11.6 Å². The molecular weight excluding hydrogens is 322 g/mol. The fraction of sp³-hybridized carbons (Fsp3) is 0.294. The van der Waals surface area contributed by atoms with E-state index in [4.69, 9.17) is 0 Å². The predicted molar refractivity (Wildman–Crippen MR) is 82.3 cm³/mol. The van der Waals surface area contributed by atoms with E-state index in [-0.39, 0.29) is 4.83 Å². The normalized spacial score (nSPS) is 12.4. The molecule has 0 saturated carbocycles. The van der Waals surface area contributed by atoms with Gasteiger partial charge < -0.3 is 0 Å². The molecule has 0 N–H and O–H groups in total. The molecule has 0 aliphatic carbocycles. The lowest BCUT2D eigenvalue weighted by Gasteiger charge is -2.12. The highest BCUT2D eigenvalue weighted by Gasteiger charge is 2.12. The van der Waals surface area contributed by atoms with Gasteiger partial charge in [0.1, 0.15) is 0 Å². The van der Waals surface area contributed by atoms with Crippen molar-refractivity contribution in [1.29, 1.82) is 0 Å². The fourth-order valence-electron chi connectivity index (χ4n) is 2.25. The first-order valence-electron chi connectivity index (χ1n) is 6.69. The molecule has 0 radical (unpaired) electrons. The van der Waals surface area contributed by atoms with Crippen LogP contribution in [0.4, 0.5) is 8.78 Å². The summed E-state index contributed by atoms with van der Waals surface area (Å²) in [4.78, 5) is 0.137. The maximum atomic E-state index is 13.6. The molecule has 20 heavy (non-hydrogen) atoms. The zero-order valence-corrected chi connectivity index (χ0v) is 13.0. The second-order valence-corrected chi connectivity index (χ2v) is 6.27. The third-order valence-electron chi connectivity index (χ3n) is 3.46. The van der Waals surface area contributed by atoms with E-state index in [0.717, 1.165) is 18.9 Å². The van der Waals surface area contributed by atoms with Crippen molar-refractivity contribution in [3.63, 3.8) is 0 Å². The Morgan fingerprint density at radius 2 is 1.70 bits per heavy atom. The van der Waals surface area contributed by atoms with Crippen molar-refractivity contribution >= 4 is 15.9 Å². The van der Waals surface area contributed by atoms with Crippen molar-refractivity contribution in [2.45, 2.75) is 31.0 Å². The Morgan fingerprint density at radius 1 is 1.00 bits per heavy atom. The molecule has 0 fully saturated rings. The van der Waals surface area contributed by atoms with Crippen LogP contribution in [-0.2, 0) is 12.8 Å². The molecule has 0 amide bonds. The molecule has 3 heteroatoms. The molecule has 0 heterocycles. The molecule has 0 saturated heterocycles. The minimum Gasteiger partial charge on any atom is -0.204 e. The van der Waals surface area contributed by atoms with Crippen LogP contribution < -0.4 is 0 Å². The molecule has 2 aromatic carbocycles. The van der Waals surface area contributed by atoms with E-state index in [9.17, 15) is 8.78 Å². The molecule has 0 bridgehead atoms. The van der Waals surface area contributed by atoms with Crippen molar-refractivity contribution in [2.75, 3.05) is 0 Å². The van der Waals surface area contributed by atoms with Gasteiger partial charge in [-0.15, -0.1) is 0 Å². The number of benzene rings is 2. The summed E-state index contributed by atoms with van der Waals surface area (Å²) in [5, 5.41) is 0. The minimum absolute atomic E-state index is 0.137. The average molecular weight is 339 g/mol. The maximum Gasteiger partial charge on any atom is 0.162 e. The summed E-state index contributed by atoms with van der Waals surface area (Å²) >= 11 is 3.57. The van der Waals surface area contributed by atoms with E-state index >= 15 is 0 Å². The fourth-order valence-corrected chi connectivity index (χ4v) is 2.83. The number of rotatable bonds is 5. The SMILES string of the molecule is Cc1ccccc1CCC(Br)Cc1cccc(F)c1F. The topological polar surface area (TPSA) is 0 Å². The number of alkyl halides is 1. The van der Waals surface area contributed by atoms with Crippen molar-refractivity contribution in [3.05, 3.63) is 70.8 Å². The zero-order valence-electron chi connectivity index (χ0n) is 11.4. The Morgan fingerprint density at radius 3 is 2.45 bits per heavy atom. The molecule has 2 rings (SSSR count). The van der Waals surface area contributed by atoms with Crippen molar-refractivity contribution in [2.24, 2.45) is 0 Å². The predicted octanol–water partition coefficient (Wildman–Crippen LogP) is 5.21. The lowest BCUT2D eigenvalue weighted by atomic mass is 10.0. The smallest absolute Gasteiger partial charge is 0.162 e. The van der Waals surface area contributed by atoms with Gasteiger partial charge in [0.25, 0.3) is 0 Å². The van der Waals surface area contributed by atoms with Crippen LogP contribution in [0.15, 0.2) is 42.5 Å². The van der Waals surface area contributed by atoms with E-state index in [1.807, 2.05) is 12.1 Å². The average Bonchev–Trinajstić information content (AvgIpc) is 2.43. The van der Waals surface area contributed by atoms with Gasteiger partial charge >= 0.3 is 0 Å². The Bertz CT molecular complexity index is 581. The van der Waals surface area contributed by atoms with Gasteiger partial charge in [-0.2, -0.15) is 0 Å². The Labute approximate surface area is 127 Å². The van der Waals surface area contributed by atoms with Crippen LogP contribution in [0.5, 0.6) is 0 Å². The van der Waals surface area contributed by atoms with Crippen LogP contribution in [-0.4, -0.2) is 4.83 Å². The van der Waals surface area contributed by atoms with Gasteiger partial charge in [-0.1, -0.05) is 52.3 Å². The molecule has 0 aliphatic heterocycles. The molecule has 0 nitrogen and oxygen atoms in total. The van der Waals surface area contributed by atoms with Gasteiger partial charge in [-0.05, 0) is 48.9 Å². The van der Waals surface area contributed by atoms with Crippen molar-refractivity contribution in [1.82, 2.24) is 0 Å².